The zero-order chi connectivity index (χ0) is 19.6. The third-order valence-corrected chi connectivity index (χ3v) is 6.08. The summed E-state index contributed by atoms with van der Waals surface area (Å²) in [7, 11) is 0. The van der Waals surface area contributed by atoms with Crippen molar-refractivity contribution in [3.63, 3.8) is 0 Å². The highest BCUT2D eigenvalue weighted by Gasteiger charge is 2.52. The van der Waals surface area contributed by atoms with Crippen molar-refractivity contribution in [1.29, 1.82) is 0 Å². The van der Waals surface area contributed by atoms with E-state index in [0.717, 1.165) is 18.4 Å². The number of nitrogens with one attached hydrogen (secondary N) is 1. The monoisotopic (exact) mass is 411 g/mol. The summed E-state index contributed by atoms with van der Waals surface area (Å²) in [4.78, 5) is 40.3. The van der Waals surface area contributed by atoms with Crippen LogP contribution in [-0.4, -0.2) is 46.3 Å². The number of urea groups is 1. The molecular formula is C19H23Cl2N3O3. The maximum Gasteiger partial charge on any atom is 0.325 e. The summed E-state index contributed by atoms with van der Waals surface area (Å²) in [6.45, 7) is 2.90. The summed E-state index contributed by atoms with van der Waals surface area (Å²) in [5.41, 5.74) is 0.143. The number of benzene rings is 1. The van der Waals surface area contributed by atoms with Crippen molar-refractivity contribution in [3.8, 4) is 0 Å². The second kappa shape index (κ2) is 8.07. The Kier molecular flexibility index (Phi) is 5.96. The molecular weight excluding hydrogens is 389 g/mol. The Morgan fingerprint density at radius 1 is 1.22 bits per heavy atom. The molecule has 1 saturated heterocycles. The Balaban J connectivity index is 1.59. The number of hydrogen-bond acceptors (Lipinski definition) is 3. The lowest BCUT2D eigenvalue weighted by atomic mass is 9.98. The molecule has 1 saturated carbocycles. The minimum Gasteiger partial charge on any atom is -0.339 e. The van der Waals surface area contributed by atoms with Crippen molar-refractivity contribution in [2.45, 2.75) is 51.1 Å². The predicted octanol–water partition coefficient (Wildman–Crippen LogP) is 3.60. The van der Waals surface area contributed by atoms with E-state index in [1.807, 2.05) is 13.0 Å². The molecule has 1 spiro atoms. The number of halogens is 2. The fourth-order valence-corrected chi connectivity index (χ4v) is 4.12. The largest absolute Gasteiger partial charge is 0.339 e. The lowest BCUT2D eigenvalue weighted by molar-refractivity contribution is -0.133. The standard InChI is InChI=1S/C19H23Cl2N3O3/c1-2-23(12-13-5-6-14(20)15(21)11-13)16(25)7-10-24-17(26)19(22-18(24)27)8-3-4-9-19/h5-6,11H,2-4,7-10,12H2,1H3,(H,22,27). The van der Waals surface area contributed by atoms with E-state index in [1.54, 1.807) is 17.0 Å². The van der Waals surface area contributed by atoms with Crippen molar-refractivity contribution in [2.75, 3.05) is 13.1 Å². The molecule has 0 aromatic heterocycles. The Hall–Kier alpha value is -1.79. The minimum atomic E-state index is -0.732. The van der Waals surface area contributed by atoms with Crippen molar-refractivity contribution in [3.05, 3.63) is 33.8 Å². The number of carbonyl (C=O) groups is 3. The van der Waals surface area contributed by atoms with Gasteiger partial charge < -0.3 is 10.2 Å². The zero-order valence-corrected chi connectivity index (χ0v) is 16.8. The van der Waals surface area contributed by atoms with Gasteiger partial charge in [0.05, 0.1) is 10.0 Å². The van der Waals surface area contributed by atoms with Crippen LogP contribution in [0.15, 0.2) is 18.2 Å². The molecule has 1 aromatic rings. The molecule has 0 bridgehead atoms. The van der Waals surface area contributed by atoms with Crippen LogP contribution in [0.4, 0.5) is 4.79 Å². The maximum absolute atomic E-state index is 12.6. The molecule has 27 heavy (non-hydrogen) atoms. The van der Waals surface area contributed by atoms with Gasteiger partial charge in [-0.3, -0.25) is 14.5 Å². The van der Waals surface area contributed by atoms with E-state index in [2.05, 4.69) is 5.32 Å². The second-order valence-corrected chi connectivity index (χ2v) is 7.90. The first kappa shape index (κ1) is 20.0. The fraction of sp³-hybridized carbons (Fsp3) is 0.526. The van der Waals surface area contributed by atoms with Crippen LogP contribution < -0.4 is 5.32 Å². The van der Waals surface area contributed by atoms with E-state index >= 15 is 0 Å². The van der Waals surface area contributed by atoms with Gasteiger partial charge in [0.2, 0.25) is 5.91 Å². The molecule has 6 nitrogen and oxygen atoms in total. The highest BCUT2D eigenvalue weighted by molar-refractivity contribution is 6.42. The van der Waals surface area contributed by atoms with Gasteiger partial charge in [0, 0.05) is 26.1 Å². The average molecular weight is 412 g/mol. The molecule has 2 aliphatic rings. The van der Waals surface area contributed by atoms with Crippen molar-refractivity contribution in [2.24, 2.45) is 0 Å². The van der Waals surface area contributed by atoms with Crippen molar-refractivity contribution >= 4 is 41.0 Å². The van der Waals surface area contributed by atoms with Gasteiger partial charge in [-0.15, -0.1) is 0 Å². The van der Waals surface area contributed by atoms with Gasteiger partial charge in [0.15, 0.2) is 0 Å². The van der Waals surface area contributed by atoms with Crippen LogP contribution in [0, 0.1) is 0 Å². The van der Waals surface area contributed by atoms with Crippen LogP contribution >= 0.6 is 23.2 Å². The molecule has 1 N–H and O–H groups in total. The molecule has 0 unspecified atom stereocenters. The molecule has 8 heteroatoms. The Labute approximate surface area is 168 Å². The summed E-state index contributed by atoms with van der Waals surface area (Å²) in [6, 6.07) is 4.88. The van der Waals surface area contributed by atoms with E-state index < -0.39 is 5.54 Å². The SMILES string of the molecule is CCN(Cc1ccc(Cl)c(Cl)c1)C(=O)CCN1C(=O)NC2(CCCC2)C1=O. The smallest absolute Gasteiger partial charge is 0.325 e. The summed E-state index contributed by atoms with van der Waals surface area (Å²) < 4.78 is 0. The quantitative estimate of drug-likeness (QED) is 0.726. The van der Waals surface area contributed by atoms with Gasteiger partial charge in [0.25, 0.3) is 5.91 Å². The summed E-state index contributed by atoms with van der Waals surface area (Å²) in [5, 5.41) is 3.74. The number of rotatable bonds is 6. The molecule has 1 aliphatic carbocycles. The first-order valence-corrected chi connectivity index (χ1v) is 9.98. The van der Waals surface area contributed by atoms with Gasteiger partial charge >= 0.3 is 6.03 Å². The van der Waals surface area contributed by atoms with Crippen LogP contribution in [0.25, 0.3) is 0 Å². The van der Waals surface area contributed by atoms with Crippen LogP contribution in [0.5, 0.6) is 0 Å². The van der Waals surface area contributed by atoms with E-state index in [9.17, 15) is 14.4 Å². The lowest BCUT2D eigenvalue weighted by Gasteiger charge is -2.23. The highest BCUT2D eigenvalue weighted by Crippen LogP contribution is 2.35. The average Bonchev–Trinajstić information content (AvgIpc) is 3.20. The topological polar surface area (TPSA) is 69.7 Å². The van der Waals surface area contributed by atoms with Gasteiger partial charge in [-0.2, -0.15) is 0 Å². The third kappa shape index (κ3) is 4.06. The van der Waals surface area contributed by atoms with Gasteiger partial charge in [0.1, 0.15) is 5.54 Å². The van der Waals surface area contributed by atoms with Crippen molar-refractivity contribution < 1.29 is 14.4 Å². The Morgan fingerprint density at radius 3 is 2.56 bits per heavy atom. The second-order valence-electron chi connectivity index (χ2n) is 7.08. The molecule has 3 rings (SSSR count). The molecule has 1 heterocycles. The third-order valence-electron chi connectivity index (χ3n) is 5.34. The molecule has 2 fully saturated rings. The van der Waals surface area contributed by atoms with Crippen LogP contribution in [0.2, 0.25) is 10.0 Å². The Morgan fingerprint density at radius 2 is 1.93 bits per heavy atom. The molecule has 0 atom stereocenters. The fourth-order valence-electron chi connectivity index (χ4n) is 3.80. The summed E-state index contributed by atoms with van der Waals surface area (Å²) >= 11 is 12.0. The predicted molar refractivity (Wildman–Crippen MR) is 104 cm³/mol. The normalized spacial score (nSPS) is 18.3. The van der Waals surface area contributed by atoms with Gasteiger partial charge in [-0.1, -0.05) is 42.1 Å². The first-order chi connectivity index (χ1) is 12.9. The number of amides is 4. The van der Waals surface area contributed by atoms with Crippen LogP contribution in [0.1, 0.15) is 44.6 Å². The number of imide groups is 1. The molecule has 146 valence electrons. The van der Waals surface area contributed by atoms with Crippen LogP contribution in [-0.2, 0) is 16.1 Å². The number of carbonyl (C=O) groups excluding carboxylic acids is 3. The zero-order valence-electron chi connectivity index (χ0n) is 15.3. The van der Waals surface area contributed by atoms with Gasteiger partial charge in [-0.05, 0) is 37.5 Å². The molecule has 1 aliphatic heterocycles. The van der Waals surface area contributed by atoms with E-state index in [0.29, 0.717) is 36.0 Å². The van der Waals surface area contributed by atoms with E-state index in [4.69, 9.17) is 23.2 Å². The molecule has 0 radical (unpaired) electrons. The minimum absolute atomic E-state index is 0.100. The number of nitrogens with zero attached hydrogens (tertiary/aromatic N) is 2. The highest BCUT2D eigenvalue weighted by atomic mass is 35.5. The van der Waals surface area contributed by atoms with Crippen molar-refractivity contribution in [1.82, 2.24) is 15.1 Å². The Bertz CT molecular complexity index is 763. The van der Waals surface area contributed by atoms with Gasteiger partial charge in [-0.25, -0.2) is 4.79 Å². The summed E-state index contributed by atoms with van der Waals surface area (Å²) in [5.74, 6) is -0.304. The van der Waals surface area contributed by atoms with E-state index in [1.165, 1.54) is 4.90 Å². The first-order valence-electron chi connectivity index (χ1n) is 9.22. The molecule has 4 amide bonds. The molecule has 1 aromatic carbocycles. The summed E-state index contributed by atoms with van der Waals surface area (Å²) in [6.07, 6.45) is 3.34. The lowest BCUT2D eigenvalue weighted by Crippen LogP contribution is -2.44. The van der Waals surface area contributed by atoms with E-state index in [-0.39, 0.29) is 30.8 Å². The number of hydrogen-bond donors (Lipinski definition) is 1. The van der Waals surface area contributed by atoms with Crippen LogP contribution in [0.3, 0.4) is 0 Å². The maximum atomic E-state index is 12.6.